The average Bonchev–Trinajstić information content (AvgIpc) is 3.17. The Morgan fingerprint density at radius 3 is 1.23 bits per heavy atom. The standard InChI is InChI=1S/C40H26Cl2N6O8S2.2Na/c41-39-45-35(21-37(47-39)55-29-13-9-23-5-1-3-7-25(23)17-29)43-27-11-15-31(33(19-27)57(49,50)51)32-16-12-28(20-34(32)58(52,53)54)44-36-22-38(48-40(42)46-36)56-30-14-10-24-6-2-4-8-26(24)18-30;;/h1-22H,(H,43,45,47)(H,44,46,48)(H,49,50,51)(H,52,53,54);;/q;2*+1/p-2. The zero-order valence-electron chi connectivity index (χ0n) is 31.3. The molecule has 6 aromatic carbocycles. The van der Waals surface area contributed by atoms with Gasteiger partial charge in [-0.05, 0) is 93.3 Å². The van der Waals surface area contributed by atoms with Crippen molar-refractivity contribution in [1.82, 2.24) is 19.9 Å². The van der Waals surface area contributed by atoms with Gasteiger partial charge < -0.3 is 29.2 Å². The molecule has 0 fully saturated rings. The topological polar surface area (TPSA) is 208 Å². The Hall–Kier alpha value is -4.40. The number of hydrogen-bond donors (Lipinski definition) is 2. The molecular weight excluding hydrogens is 873 g/mol. The molecule has 290 valence electrons. The van der Waals surface area contributed by atoms with Gasteiger partial charge in [-0.3, -0.25) is 0 Å². The van der Waals surface area contributed by atoms with E-state index in [1.165, 1.54) is 36.4 Å². The predicted molar refractivity (Wildman–Crippen MR) is 216 cm³/mol. The second kappa shape index (κ2) is 18.7. The Morgan fingerprint density at radius 1 is 0.467 bits per heavy atom. The van der Waals surface area contributed by atoms with Gasteiger partial charge in [0.25, 0.3) is 0 Å². The minimum Gasteiger partial charge on any atom is -0.744 e. The summed E-state index contributed by atoms with van der Waals surface area (Å²) in [6.45, 7) is 0. The number of nitrogens with one attached hydrogen (secondary N) is 2. The Balaban J connectivity index is 0.00000302. The van der Waals surface area contributed by atoms with Crippen molar-refractivity contribution in [3.63, 3.8) is 0 Å². The molecule has 20 heteroatoms. The third-order valence-corrected chi connectivity index (χ3v) is 10.7. The normalized spacial score (nSPS) is 11.3. The van der Waals surface area contributed by atoms with Gasteiger partial charge in [0.05, 0.1) is 9.79 Å². The van der Waals surface area contributed by atoms with Crippen molar-refractivity contribution in [1.29, 1.82) is 0 Å². The van der Waals surface area contributed by atoms with E-state index < -0.39 is 30.0 Å². The van der Waals surface area contributed by atoms with E-state index in [-0.39, 0.29) is 116 Å². The van der Waals surface area contributed by atoms with Gasteiger partial charge in [-0.2, -0.15) is 9.97 Å². The van der Waals surface area contributed by atoms with Crippen molar-refractivity contribution in [3.05, 3.63) is 144 Å². The van der Waals surface area contributed by atoms with Gasteiger partial charge in [0.2, 0.25) is 22.3 Å². The van der Waals surface area contributed by atoms with Crippen molar-refractivity contribution < 1.29 is 94.5 Å². The number of anilines is 4. The van der Waals surface area contributed by atoms with Crippen LogP contribution < -0.4 is 79.2 Å². The van der Waals surface area contributed by atoms with Crippen LogP contribution in [0.3, 0.4) is 0 Å². The van der Waals surface area contributed by atoms with Crippen LogP contribution in [0.25, 0.3) is 32.7 Å². The SMILES string of the molecule is O=S(=O)([O-])c1cc(Nc2cc(Oc3ccc4ccccc4c3)nc(Cl)n2)ccc1-c1ccc(Nc2cc(Oc3ccc4ccccc4c3)nc(Cl)n2)cc1S(=O)(=O)[O-].[Na+].[Na+]. The van der Waals surface area contributed by atoms with Crippen LogP contribution >= 0.6 is 23.2 Å². The number of halogens is 2. The molecule has 60 heavy (non-hydrogen) atoms. The number of benzene rings is 6. The van der Waals surface area contributed by atoms with Crippen LogP contribution in [0.2, 0.25) is 10.6 Å². The van der Waals surface area contributed by atoms with E-state index >= 15 is 0 Å². The fourth-order valence-corrected chi connectivity index (χ4v) is 7.87. The van der Waals surface area contributed by atoms with E-state index in [0.29, 0.717) is 11.5 Å². The summed E-state index contributed by atoms with van der Waals surface area (Å²) in [6, 6.07) is 36.1. The fraction of sp³-hybridized carbons (Fsp3) is 0. The minimum absolute atomic E-state index is 0. The first-order valence-electron chi connectivity index (χ1n) is 16.9. The molecule has 0 saturated heterocycles. The van der Waals surface area contributed by atoms with Gasteiger partial charge in [0.1, 0.15) is 43.4 Å². The predicted octanol–water partition coefficient (Wildman–Crippen LogP) is 3.43. The van der Waals surface area contributed by atoms with E-state index in [1.807, 2.05) is 72.8 Å². The second-order valence-electron chi connectivity index (χ2n) is 12.5. The van der Waals surface area contributed by atoms with Crippen molar-refractivity contribution >= 4 is 88.0 Å². The second-order valence-corrected chi connectivity index (χ2v) is 15.9. The van der Waals surface area contributed by atoms with E-state index in [4.69, 9.17) is 32.7 Å². The molecule has 2 aromatic heterocycles. The molecule has 0 unspecified atom stereocenters. The first kappa shape index (κ1) is 45.1. The Morgan fingerprint density at radius 2 is 0.850 bits per heavy atom. The average molecular weight is 898 g/mol. The Labute approximate surface area is 397 Å². The van der Waals surface area contributed by atoms with Crippen LogP contribution in [0.15, 0.2) is 143 Å². The van der Waals surface area contributed by atoms with E-state index in [1.54, 1.807) is 12.1 Å². The molecule has 0 aliphatic heterocycles. The zero-order valence-corrected chi connectivity index (χ0v) is 38.5. The summed E-state index contributed by atoms with van der Waals surface area (Å²) >= 11 is 12.4. The summed E-state index contributed by atoms with van der Waals surface area (Å²) in [4.78, 5) is 14.8. The summed E-state index contributed by atoms with van der Waals surface area (Å²) in [6.07, 6.45) is 0. The van der Waals surface area contributed by atoms with Crippen molar-refractivity contribution in [3.8, 4) is 34.4 Å². The van der Waals surface area contributed by atoms with Gasteiger partial charge >= 0.3 is 59.1 Å². The molecule has 0 atom stereocenters. The molecule has 0 aliphatic rings. The molecule has 0 spiro atoms. The molecule has 14 nitrogen and oxygen atoms in total. The summed E-state index contributed by atoms with van der Waals surface area (Å²) in [5.41, 5.74) is -0.592. The Bertz CT molecular complexity index is 2940. The number of rotatable bonds is 11. The summed E-state index contributed by atoms with van der Waals surface area (Å²) in [5, 5.41) is 9.18. The molecule has 0 bridgehead atoms. The number of hydrogen-bond acceptors (Lipinski definition) is 14. The third-order valence-electron chi connectivity index (χ3n) is 8.57. The maximum Gasteiger partial charge on any atom is 1.00 e. The molecule has 8 rings (SSSR count). The van der Waals surface area contributed by atoms with Crippen LogP contribution in [0.5, 0.6) is 23.3 Å². The van der Waals surface area contributed by atoms with Gasteiger partial charge in [0.15, 0.2) is 0 Å². The monoisotopic (exact) mass is 896 g/mol. The molecular formula is C40H24Cl2N6Na2O8S2. The number of ether oxygens (including phenoxy) is 2. The number of nitrogens with zero attached hydrogens (tertiary/aromatic N) is 4. The van der Waals surface area contributed by atoms with E-state index in [0.717, 1.165) is 33.7 Å². The van der Waals surface area contributed by atoms with Crippen LogP contribution in [0.4, 0.5) is 23.0 Å². The molecule has 0 amide bonds. The summed E-state index contributed by atoms with van der Waals surface area (Å²) < 4.78 is 87.6. The zero-order chi connectivity index (χ0) is 40.6. The summed E-state index contributed by atoms with van der Waals surface area (Å²) in [7, 11) is -10.5. The Kier molecular flexibility index (Phi) is 14.1. The number of fused-ring (bicyclic) bond motifs is 2. The molecule has 8 aromatic rings. The van der Waals surface area contributed by atoms with Gasteiger partial charge in [-0.1, -0.05) is 72.8 Å². The smallest absolute Gasteiger partial charge is 0.744 e. The van der Waals surface area contributed by atoms with Crippen LogP contribution in [-0.4, -0.2) is 45.9 Å². The van der Waals surface area contributed by atoms with Crippen molar-refractivity contribution in [2.75, 3.05) is 10.6 Å². The van der Waals surface area contributed by atoms with Crippen molar-refractivity contribution in [2.24, 2.45) is 0 Å². The quantitative estimate of drug-likeness (QED) is 0.108. The first-order valence-corrected chi connectivity index (χ1v) is 20.5. The molecule has 0 aliphatic carbocycles. The molecule has 2 N–H and O–H groups in total. The van der Waals surface area contributed by atoms with Gasteiger partial charge in [-0.15, -0.1) is 0 Å². The molecule has 2 heterocycles. The molecule has 0 radical (unpaired) electrons. The van der Waals surface area contributed by atoms with Crippen LogP contribution in [0.1, 0.15) is 0 Å². The fourth-order valence-electron chi connectivity index (χ4n) is 6.08. The van der Waals surface area contributed by atoms with E-state index in [2.05, 4.69) is 30.6 Å². The minimum atomic E-state index is -5.27. The largest absolute Gasteiger partial charge is 1.00 e. The summed E-state index contributed by atoms with van der Waals surface area (Å²) in [5.74, 6) is 1.19. The van der Waals surface area contributed by atoms with Gasteiger partial charge in [0, 0.05) is 34.6 Å². The molecule has 0 saturated carbocycles. The first-order chi connectivity index (χ1) is 27.7. The van der Waals surface area contributed by atoms with E-state index in [9.17, 15) is 25.9 Å². The van der Waals surface area contributed by atoms with Crippen LogP contribution in [-0.2, 0) is 20.2 Å². The maximum absolute atomic E-state index is 12.6. The maximum atomic E-state index is 12.6. The van der Waals surface area contributed by atoms with Crippen molar-refractivity contribution in [2.45, 2.75) is 9.79 Å². The number of aromatic nitrogens is 4. The van der Waals surface area contributed by atoms with Crippen LogP contribution in [0, 0.1) is 0 Å². The van der Waals surface area contributed by atoms with Gasteiger partial charge in [-0.25, -0.2) is 26.8 Å². The third kappa shape index (κ3) is 10.7.